The van der Waals surface area contributed by atoms with Gasteiger partial charge in [-0.2, -0.15) is 0 Å². The van der Waals surface area contributed by atoms with Gasteiger partial charge in [0.15, 0.2) is 6.10 Å². The number of ether oxygens (including phenoxy) is 2. The standard InChI is InChI=1S/C23H28O4/c1-3-5-12-18(4-2)17-26-23(25)27-22(20-15-10-7-11-16-20)21(24)19-13-8-6-9-14-19/h6-11,13-16,18,22H,3-5,12,17H2,1-2H3/t18?,22-/m1/s1. The molecule has 4 heteroatoms. The van der Waals surface area contributed by atoms with Crippen LogP contribution in [0.4, 0.5) is 4.79 Å². The minimum absolute atomic E-state index is 0.267. The molecule has 144 valence electrons. The molecule has 27 heavy (non-hydrogen) atoms. The Morgan fingerprint density at radius 1 is 0.926 bits per heavy atom. The summed E-state index contributed by atoms with van der Waals surface area (Å²) >= 11 is 0. The predicted octanol–water partition coefficient (Wildman–Crippen LogP) is 5.98. The number of hydrogen-bond acceptors (Lipinski definition) is 4. The van der Waals surface area contributed by atoms with Crippen LogP contribution in [0.5, 0.6) is 0 Å². The number of carbonyl (C=O) groups excluding carboxylic acids is 2. The van der Waals surface area contributed by atoms with Gasteiger partial charge in [0.25, 0.3) is 0 Å². The summed E-state index contributed by atoms with van der Waals surface area (Å²) in [6.07, 6.45) is 2.36. The Morgan fingerprint density at radius 3 is 2.15 bits per heavy atom. The normalized spacial score (nSPS) is 12.8. The van der Waals surface area contributed by atoms with Crippen molar-refractivity contribution in [2.24, 2.45) is 5.92 Å². The predicted molar refractivity (Wildman–Crippen MR) is 106 cm³/mol. The summed E-state index contributed by atoms with van der Waals surface area (Å²) in [5.41, 5.74) is 1.12. The van der Waals surface area contributed by atoms with Gasteiger partial charge in [-0.05, 0) is 12.3 Å². The minimum atomic E-state index is -1.02. The Balaban J connectivity index is 2.06. The van der Waals surface area contributed by atoms with E-state index in [2.05, 4.69) is 13.8 Å². The zero-order valence-electron chi connectivity index (χ0n) is 16.1. The van der Waals surface area contributed by atoms with Crippen molar-refractivity contribution in [3.63, 3.8) is 0 Å². The molecule has 0 aliphatic heterocycles. The highest BCUT2D eigenvalue weighted by Crippen LogP contribution is 2.23. The van der Waals surface area contributed by atoms with Crippen molar-refractivity contribution in [1.82, 2.24) is 0 Å². The Morgan fingerprint density at radius 2 is 1.56 bits per heavy atom. The maximum atomic E-state index is 12.9. The average Bonchev–Trinajstić information content (AvgIpc) is 2.73. The van der Waals surface area contributed by atoms with Crippen LogP contribution in [0.25, 0.3) is 0 Å². The number of ketones is 1. The smallest absolute Gasteiger partial charge is 0.434 e. The third kappa shape index (κ3) is 6.55. The van der Waals surface area contributed by atoms with Crippen LogP contribution in [0.2, 0.25) is 0 Å². The van der Waals surface area contributed by atoms with E-state index < -0.39 is 12.3 Å². The number of benzene rings is 2. The van der Waals surface area contributed by atoms with Crippen LogP contribution in [0.1, 0.15) is 61.6 Å². The van der Waals surface area contributed by atoms with Crippen molar-refractivity contribution in [3.8, 4) is 0 Å². The maximum absolute atomic E-state index is 12.9. The Hall–Kier alpha value is -2.62. The van der Waals surface area contributed by atoms with Gasteiger partial charge in [0.05, 0.1) is 6.61 Å². The molecule has 0 N–H and O–H groups in total. The van der Waals surface area contributed by atoms with Gasteiger partial charge in [-0.25, -0.2) is 4.79 Å². The lowest BCUT2D eigenvalue weighted by atomic mass is 10.00. The molecule has 0 spiro atoms. The summed E-state index contributed by atoms with van der Waals surface area (Å²) in [5, 5.41) is 0. The van der Waals surface area contributed by atoms with E-state index in [9.17, 15) is 9.59 Å². The minimum Gasteiger partial charge on any atom is -0.434 e. The van der Waals surface area contributed by atoms with Gasteiger partial charge in [0.2, 0.25) is 5.78 Å². The monoisotopic (exact) mass is 368 g/mol. The van der Waals surface area contributed by atoms with Crippen LogP contribution in [0, 0.1) is 5.92 Å². The van der Waals surface area contributed by atoms with Crippen molar-refractivity contribution >= 4 is 11.9 Å². The highest BCUT2D eigenvalue weighted by atomic mass is 16.7. The van der Waals surface area contributed by atoms with E-state index in [4.69, 9.17) is 9.47 Å². The van der Waals surface area contributed by atoms with E-state index in [0.29, 0.717) is 23.7 Å². The van der Waals surface area contributed by atoms with E-state index in [0.717, 1.165) is 25.7 Å². The van der Waals surface area contributed by atoms with Crippen molar-refractivity contribution in [2.75, 3.05) is 6.61 Å². The Bertz CT molecular complexity index is 697. The number of carbonyl (C=O) groups is 2. The molecule has 1 unspecified atom stereocenters. The molecule has 2 aromatic rings. The third-order valence-corrected chi connectivity index (χ3v) is 4.59. The summed E-state index contributed by atoms with van der Waals surface area (Å²) < 4.78 is 10.8. The van der Waals surface area contributed by atoms with Crippen molar-refractivity contribution in [3.05, 3.63) is 71.8 Å². The summed E-state index contributed by atoms with van der Waals surface area (Å²) in [5.74, 6) is 0.0503. The van der Waals surface area contributed by atoms with E-state index in [-0.39, 0.29) is 5.78 Å². The highest BCUT2D eigenvalue weighted by Gasteiger charge is 2.27. The maximum Gasteiger partial charge on any atom is 0.509 e. The largest absolute Gasteiger partial charge is 0.509 e. The molecule has 0 heterocycles. The van der Waals surface area contributed by atoms with Crippen molar-refractivity contribution in [1.29, 1.82) is 0 Å². The summed E-state index contributed by atoms with van der Waals surface area (Å²) in [7, 11) is 0. The van der Waals surface area contributed by atoms with Crippen LogP contribution >= 0.6 is 0 Å². The van der Waals surface area contributed by atoms with Crippen molar-refractivity contribution in [2.45, 2.75) is 45.6 Å². The highest BCUT2D eigenvalue weighted by molar-refractivity contribution is 6.00. The first-order chi connectivity index (χ1) is 13.2. The fourth-order valence-electron chi connectivity index (χ4n) is 2.87. The van der Waals surface area contributed by atoms with Gasteiger partial charge in [-0.3, -0.25) is 4.79 Å². The van der Waals surface area contributed by atoms with E-state index >= 15 is 0 Å². The van der Waals surface area contributed by atoms with Gasteiger partial charge in [0, 0.05) is 11.1 Å². The first-order valence-corrected chi connectivity index (χ1v) is 9.63. The van der Waals surface area contributed by atoms with Gasteiger partial charge in [-0.15, -0.1) is 0 Å². The average molecular weight is 368 g/mol. The molecular formula is C23H28O4. The van der Waals surface area contributed by atoms with Crippen LogP contribution in [0.15, 0.2) is 60.7 Å². The Labute approximate surface area is 161 Å². The van der Waals surface area contributed by atoms with Gasteiger partial charge >= 0.3 is 6.16 Å². The zero-order valence-corrected chi connectivity index (χ0v) is 16.1. The number of Topliss-reactive ketones (excluding diaryl/α,β-unsaturated/α-hetero) is 1. The lowest BCUT2D eigenvalue weighted by Gasteiger charge is -2.19. The summed E-state index contributed by atoms with van der Waals surface area (Å²) in [6.45, 7) is 4.54. The molecule has 4 nitrogen and oxygen atoms in total. The number of unbranched alkanes of at least 4 members (excludes halogenated alkanes) is 1. The Kier molecular flexibility index (Phi) is 8.56. The molecule has 0 saturated carbocycles. The SMILES string of the molecule is CCCCC(CC)COC(=O)O[C@@H](C(=O)c1ccccc1)c1ccccc1. The molecule has 0 fully saturated rings. The lowest BCUT2D eigenvalue weighted by molar-refractivity contribution is 0.0145. The second-order valence-corrected chi connectivity index (χ2v) is 6.62. The van der Waals surface area contributed by atoms with Crippen LogP contribution in [-0.4, -0.2) is 18.5 Å². The van der Waals surface area contributed by atoms with E-state index in [1.165, 1.54) is 0 Å². The lowest BCUT2D eigenvalue weighted by Crippen LogP contribution is -2.22. The molecule has 0 aromatic heterocycles. The molecule has 2 atom stereocenters. The van der Waals surface area contributed by atoms with Crippen LogP contribution in [0.3, 0.4) is 0 Å². The number of hydrogen-bond donors (Lipinski definition) is 0. The van der Waals surface area contributed by atoms with Crippen LogP contribution in [-0.2, 0) is 9.47 Å². The fourth-order valence-corrected chi connectivity index (χ4v) is 2.87. The molecule has 2 rings (SSSR count). The second kappa shape index (κ2) is 11.2. The number of rotatable bonds is 10. The molecule has 0 saturated heterocycles. The third-order valence-electron chi connectivity index (χ3n) is 4.59. The quantitative estimate of drug-likeness (QED) is 0.382. The molecule has 0 amide bonds. The van der Waals surface area contributed by atoms with Gasteiger partial charge in [0.1, 0.15) is 0 Å². The molecule has 0 radical (unpaired) electrons. The van der Waals surface area contributed by atoms with Crippen LogP contribution < -0.4 is 0 Å². The molecule has 0 aliphatic rings. The van der Waals surface area contributed by atoms with E-state index in [1.54, 1.807) is 36.4 Å². The molecule has 2 aromatic carbocycles. The summed E-state index contributed by atoms with van der Waals surface area (Å²) in [4.78, 5) is 25.1. The molecule has 0 aliphatic carbocycles. The van der Waals surface area contributed by atoms with Gasteiger partial charge < -0.3 is 9.47 Å². The molecular weight excluding hydrogens is 340 g/mol. The first kappa shape index (κ1) is 20.7. The zero-order chi connectivity index (χ0) is 19.5. The van der Waals surface area contributed by atoms with Gasteiger partial charge in [-0.1, -0.05) is 93.8 Å². The molecule has 0 bridgehead atoms. The topological polar surface area (TPSA) is 52.6 Å². The first-order valence-electron chi connectivity index (χ1n) is 9.63. The second-order valence-electron chi connectivity index (χ2n) is 6.62. The summed E-state index contributed by atoms with van der Waals surface area (Å²) in [6, 6.07) is 17.9. The van der Waals surface area contributed by atoms with Crippen molar-refractivity contribution < 1.29 is 19.1 Å². The fraction of sp³-hybridized carbons (Fsp3) is 0.391. The van der Waals surface area contributed by atoms with E-state index in [1.807, 2.05) is 24.3 Å².